The van der Waals surface area contributed by atoms with Crippen molar-refractivity contribution in [2.45, 2.75) is 39.1 Å². The first kappa shape index (κ1) is 15.6. The molecule has 0 fully saturated rings. The Labute approximate surface area is 133 Å². The van der Waals surface area contributed by atoms with Gasteiger partial charge in [0, 0.05) is 21.8 Å². The van der Waals surface area contributed by atoms with Gasteiger partial charge < -0.3 is 4.57 Å². The minimum atomic E-state index is -0.504. The second-order valence-corrected chi connectivity index (χ2v) is 7.35. The second-order valence-electron chi connectivity index (χ2n) is 4.95. The number of Topliss-reactive ketones (excluding diaryl/α,β-unsaturated/α-hetero) is 1. The van der Waals surface area contributed by atoms with Gasteiger partial charge in [0.05, 0.1) is 15.8 Å². The Balaban J connectivity index is 2.45. The van der Waals surface area contributed by atoms with Crippen molar-refractivity contribution in [2.75, 3.05) is 0 Å². The molecule has 0 aliphatic heterocycles. The zero-order valence-corrected chi connectivity index (χ0v) is 14.2. The summed E-state index contributed by atoms with van der Waals surface area (Å²) in [5, 5.41) is -0.504. The summed E-state index contributed by atoms with van der Waals surface area (Å²) in [6.45, 7) is 7.79. The van der Waals surface area contributed by atoms with E-state index in [9.17, 15) is 4.79 Å². The lowest BCUT2D eigenvalue weighted by atomic mass is 10.1. The molecule has 2 heterocycles. The van der Waals surface area contributed by atoms with Gasteiger partial charge in [-0.2, -0.15) is 0 Å². The van der Waals surface area contributed by atoms with E-state index in [0.717, 1.165) is 15.7 Å². The number of alkyl halides is 1. The van der Waals surface area contributed by atoms with Gasteiger partial charge >= 0.3 is 0 Å². The van der Waals surface area contributed by atoms with E-state index < -0.39 is 5.38 Å². The third kappa shape index (κ3) is 2.80. The van der Waals surface area contributed by atoms with Gasteiger partial charge in [0.2, 0.25) is 0 Å². The number of ketones is 1. The maximum absolute atomic E-state index is 12.1. The van der Waals surface area contributed by atoms with E-state index in [2.05, 4.69) is 11.5 Å². The fourth-order valence-corrected chi connectivity index (χ4v) is 3.74. The van der Waals surface area contributed by atoms with Crippen molar-refractivity contribution in [2.24, 2.45) is 0 Å². The van der Waals surface area contributed by atoms with Crippen LogP contribution in [0.25, 0.3) is 0 Å². The topological polar surface area (TPSA) is 22.0 Å². The SMILES string of the molecule is Cc1cc(C(=O)C(C)Cl)c(C)n1C(C)c1ccc(Cl)s1. The Morgan fingerprint density at radius 2 is 1.95 bits per heavy atom. The van der Waals surface area contributed by atoms with Gasteiger partial charge in [-0.3, -0.25) is 4.79 Å². The molecule has 0 radical (unpaired) electrons. The lowest BCUT2D eigenvalue weighted by Crippen LogP contribution is -2.13. The van der Waals surface area contributed by atoms with Gasteiger partial charge in [-0.1, -0.05) is 11.6 Å². The maximum atomic E-state index is 12.1. The van der Waals surface area contributed by atoms with Crippen LogP contribution in [-0.4, -0.2) is 15.7 Å². The zero-order valence-electron chi connectivity index (χ0n) is 11.9. The minimum absolute atomic E-state index is 0.0255. The largest absolute Gasteiger partial charge is 0.341 e. The number of hydrogen-bond donors (Lipinski definition) is 0. The molecule has 0 aliphatic rings. The molecule has 5 heteroatoms. The molecule has 0 bridgehead atoms. The molecule has 2 atom stereocenters. The molecule has 108 valence electrons. The monoisotopic (exact) mass is 329 g/mol. The van der Waals surface area contributed by atoms with Crippen LogP contribution in [-0.2, 0) is 0 Å². The zero-order chi connectivity index (χ0) is 15.0. The highest BCUT2D eigenvalue weighted by molar-refractivity contribution is 7.16. The number of rotatable bonds is 4. The standard InChI is InChI=1S/C15H17Cl2NOS/c1-8-7-12(15(19)9(2)16)10(3)18(8)11(4)13-5-6-14(17)20-13/h5-7,9,11H,1-4H3. The van der Waals surface area contributed by atoms with Crippen molar-refractivity contribution in [3.8, 4) is 0 Å². The van der Waals surface area contributed by atoms with Gasteiger partial charge in [-0.15, -0.1) is 22.9 Å². The summed E-state index contributed by atoms with van der Waals surface area (Å²) in [4.78, 5) is 13.3. The Hall–Kier alpha value is -0.770. The minimum Gasteiger partial charge on any atom is -0.341 e. The Morgan fingerprint density at radius 1 is 1.30 bits per heavy atom. The lowest BCUT2D eigenvalue weighted by molar-refractivity contribution is 0.0991. The van der Waals surface area contributed by atoms with Crippen LogP contribution in [0.3, 0.4) is 0 Å². The molecule has 2 rings (SSSR count). The van der Waals surface area contributed by atoms with Crippen LogP contribution in [0.15, 0.2) is 18.2 Å². The van der Waals surface area contributed by atoms with Gasteiger partial charge in [0.15, 0.2) is 5.78 Å². The predicted molar refractivity (Wildman–Crippen MR) is 86.7 cm³/mol. The van der Waals surface area contributed by atoms with Crippen LogP contribution in [0.1, 0.15) is 46.5 Å². The molecule has 0 saturated heterocycles. The molecule has 2 unspecified atom stereocenters. The van der Waals surface area contributed by atoms with E-state index in [0.29, 0.717) is 5.56 Å². The summed E-state index contributed by atoms with van der Waals surface area (Å²) >= 11 is 13.5. The highest BCUT2D eigenvalue weighted by Gasteiger charge is 2.22. The normalized spacial score (nSPS) is 14.3. The van der Waals surface area contributed by atoms with Crippen molar-refractivity contribution in [1.82, 2.24) is 4.57 Å². The first-order chi connectivity index (χ1) is 9.32. The number of carbonyl (C=O) groups excluding carboxylic acids is 1. The summed E-state index contributed by atoms with van der Waals surface area (Å²) in [5.41, 5.74) is 2.72. The smallest absolute Gasteiger partial charge is 0.182 e. The van der Waals surface area contributed by atoms with Crippen molar-refractivity contribution in [3.05, 3.63) is 44.4 Å². The molecule has 0 saturated carbocycles. The number of carbonyl (C=O) groups is 1. The summed E-state index contributed by atoms with van der Waals surface area (Å²) in [6, 6.07) is 6.00. The molecule has 20 heavy (non-hydrogen) atoms. The summed E-state index contributed by atoms with van der Waals surface area (Å²) < 4.78 is 2.94. The summed E-state index contributed by atoms with van der Waals surface area (Å²) in [5.74, 6) is -0.0255. The lowest BCUT2D eigenvalue weighted by Gasteiger charge is -2.17. The van der Waals surface area contributed by atoms with E-state index in [1.165, 1.54) is 4.88 Å². The first-order valence-electron chi connectivity index (χ1n) is 6.45. The molecule has 0 amide bonds. The van der Waals surface area contributed by atoms with E-state index >= 15 is 0 Å². The second kappa shape index (κ2) is 5.92. The van der Waals surface area contributed by atoms with Gasteiger partial charge in [-0.05, 0) is 45.9 Å². The number of aromatic nitrogens is 1. The number of aryl methyl sites for hydroxylation is 1. The van der Waals surface area contributed by atoms with Crippen molar-refractivity contribution >= 4 is 40.3 Å². The Morgan fingerprint density at radius 3 is 2.45 bits per heavy atom. The van der Waals surface area contributed by atoms with Crippen LogP contribution in [0, 0.1) is 13.8 Å². The van der Waals surface area contributed by atoms with Crippen LogP contribution in [0.5, 0.6) is 0 Å². The summed E-state index contributed by atoms with van der Waals surface area (Å²) in [7, 11) is 0. The van der Waals surface area contributed by atoms with Crippen LogP contribution >= 0.6 is 34.5 Å². The molecular formula is C15H17Cl2NOS. The third-order valence-corrected chi connectivity index (χ3v) is 5.10. The fraction of sp³-hybridized carbons (Fsp3) is 0.400. The number of hydrogen-bond acceptors (Lipinski definition) is 2. The average molecular weight is 330 g/mol. The van der Waals surface area contributed by atoms with Crippen LogP contribution in [0.4, 0.5) is 0 Å². The van der Waals surface area contributed by atoms with Crippen molar-refractivity contribution in [3.63, 3.8) is 0 Å². The van der Waals surface area contributed by atoms with E-state index in [4.69, 9.17) is 23.2 Å². The van der Waals surface area contributed by atoms with Gasteiger partial charge in [-0.25, -0.2) is 0 Å². The van der Waals surface area contributed by atoms with Crippen LogP contribution < -0.4 is 0 Å². The number of nitrogens with zero attached hydrogens (tertiary/aromatic N) is 1. The predicted octanol–water partition coefficient (Wildman–Crippen LogP) is 5.24. The van der Waals surface area contributed by atoms with Gasteiger partial charge in [0.25, 0.3) is 0 Å². The fourth-order valence-electron chi connectivity index (χ4n) is 2.52. The number of halogens is 2. The van der Waals surface area contributed by atoms with E-state index in [1.807, 2.05) is 32.0 Å². The van der Waals surface area contributed by atoms with Crippen molar-refractivity contribution in [1.29, 1.82) is 0 Å². The van der Waals surface area contributed by atoms with E-state index in [1.54, 1.807) is 18.3 Å². The molecule has 2 aromatic heterocycles. The molecule has 0 aliphatic carbocycles. The van der Waals surface area contributed by atoms with Gasteiger partial charge in [0.1, 0.15) is 0 Å². The highest BCUT2D eigenvalue weighted by Crippen LogP contribution is 2.32. The molecule has 2 nitrogen and oxygen atoms in total. The molecule has 0 aromatic carbocycles. The highest BCUT2D eigenvalue weighted by atomic mass is 35.5. The van der Waals surface area contributed by atoms with Crippen LogP contribution in [0.2, 0.25) is 4.34 Å². The number of thiophene rings is 1. The van der Waals surface area contributed by atoms with E-state index in [-0.39, 0.29) is 11.8 Å². The Kier molecular flexibility index (Phi) is 4.62. The maximum Gasteiger partial charge on any atom is 0.182 e. The molecule has 0 spiro atoms. The average Bonchev–Trinajstić information content (AvgIpc) is 2.92. The molecule has 0 N–H and O–H groups in total. The quantitative estimate of drug-likeness (QED) is 0.555. The third-order valence-electron chi connectivity index (χ3n) is 3.50. The Bertz CT molecular complexity index is 642. The molecule has 2 aromatic rings. The van der Waals surface area contributed by atoms with Crippen molar-refractivity contribution < 1.29 is 4.79 Å². The summed E-state index contributed by atoms with van der Waals surface area (Å²) in [6.07, 6.45) is 0. The molecular weight excluding hydrogens is 313 g/mol. The first-order valence-corrected chi connectivity index (χ1v) is 8.08.